The predicted octanol–water partition coefficient (Wildman–Crippen LogP) is 24.6. The van der Waals surface area contributed by atoms with Crippen molar-refractivity contribution in [3.05, 3.63) is 109 Å². The van der Waals surface area contributed by atoms with E-state index in [1.807, 2.05) is 0 Å². The second-order valence-electron chi connectivity index (χ2n) is 23.4. The molecule has 0 aromatic carbocycles. The normalized spacial score (nSPS) is 12.8. The standard InChI is InChI=1S/C77H132O6/c1-4-7-10-13-16-19-22-25-28-30-31-32-33-34-35-36-37-38-39-40-41-42-43-44-45-47-49-52-55-58-61-64-67-70-76(79)82-73-74(72-81-75(78)69-66-63-60-57-54-51-48-27-24-21-18-15-12-9-6-3)83-77(80)71-68-65-62-59-56-53-50-46-29-26-23-20-17-14-11-8-5-2/h7,9-10,12,16,18-19,21,25-29,31-32,48,54,57,74H,4-6,8,11,13-15,17,20,22-24,30,33-47,49-53,55-56,58-73H2,1-3H3/b10-7-,12-9-,19-16-,21-18-,28-25-,29-26-,32-31-,48-27-,57-54-. The van der Waals surface area contributed by atoms with Gasteiger partial charge in [-0.05, 0) is 122 Å². The predicted molar refractivity (Wildman–Crippen MR) is 362 cm³/mol. The minimum absolute atomic E-state index is 0.0901. The summed E-state index contributed by atoms with van der Waals surface area (Å²) in [4.78, 5) is 38.4. The van der Waals surface area contributed by atoms with Gasteiger partial charge in [0.05, 0.1) is 0 Å². The number of ether oxygens (including phenoxy) is 3. The first-order valence-electron chi connectivity index (χ1n) is 35.4. The average Bonchev–Trinajstić information content (AvgIpc) is 3.49. The lowest BCUT2D eigenvalue weighted by atomic mass is 10.0. The van der Waals surface area contributed by atoms with Crippen molar-refractivity contribution >= 4 is 17.9 Å². The number of hydrogen-bond donors (Lipinski definition) is 0. The first kappa shape index (κ1) is 79.1. The Balaban J connectivity index is 4.21. The van der Waals surface area contributed by atoms with E-state index in [4.69, 9.17) is 14.2 Å². The molecule has 0 aliphatic rings. The van der Waals surface area contributed by atoms with Crippen molar-refractivity contribution in [1.29, 1.82) is 0 Å². The lowest BCUT2D eigenvalue weighted by molar-refractivity contribution is -0.167. The lowest BCUT2D eigenvalue weighted by Gasteiger charge is -2.18. The topological polar surface area (TPSA) is 78.9 Å². The number of carbonyl (C=O) groups is 3. The molecule has 0 radical (unpaired) electrons. The zero-order valence-corrected chi connectivity index (χ0v) is 54.7. The summed E-state index contributed by atoms with van der Waals surface area (Å²) >= 11 is 0. The third-order valence-corrected chi connectivity index (χ3v) is 15.2. The summed E-state index contributed by atoms with van der Waals surface area (Å²) in [6.45, 7) is 6.41. The van der Waals surface area contributed by atoms with Crippen LogP contribution in [0.15, 0.2) is 109 Å². The van der Waals surface area contributed by atoms with Gasteiger partial charge in [0, 0.05) is 19.3 Å². The monoisotopic (exact) mass is 1150 g/mol. The summed E-state index contributed by atoms with van der Waals surface area (Å²) < 4.78 is 16.9. The van der Waals surface area contributed by atoms with E-state index < -0.39 is 6.10 Å². The third kappa shape index (κ3) is 68.7. The molecule has 0 spiro atoms. The average molecular weight is 1150 g/mol. The zero-order chi connectivity index (χ0) is 59.9. The van der Waals surface area contributed by atoms with Crippen LogP contribution >= 0.6 is 0 Å². The largest absolute Gasteiger partial charge is 0.462 e. The molecule has 476 valence electrons. The van der Waals surface area contributed by atoms with Gasteiger partial charge in [-0.2, -0.15) is 0 Å². The van der Waals surface area contributed by atoms with Crippen molar-refractivity contribution < 1.29 is 28.6 Å². The fourth-order valence-electron chi connectivity index (χ4n) is 10.0. The maximum atomic E-state index is 12.9. The van der Waals surface area contributed by atoms with Gasteiger partial charge in [-0.1, -0.05) is 310 Å². The lowest BCUT2D eigenvalue weighted by Crippen LogP contribution is -2.30. The van der Waals surface area contributed by atoms with Gasteiger partial charge in [0.2, 0.25) is 0 Å². The Kier molecular flexibility index (Phi) is 67.2. The molecule has 0 saturated heterocycles. The maximum absolute atomic E-state index is 12.9. The number of esters is 3. The summed E-state index contributed by atoms with van der Waals surface area (Å²) in [5.41, 5.74) is 0. The number of allylic oxidation sites excluding steroid dienone is 18. The highest BCUT2D eigenvalue weighted by Crippen LogP contribution is 2.17. The molecule has 0 N–H and O–H groups in total. The fraction of sp³-hybridized carbons (Fsp3) is 0.727. The highest BCUT2D eigenvalue weighted by molar-refractivity contribution is 5.71. The Morgan fingerprint density at radius 3 is 0.771 bits per heavy atom. The van der Waals surface area contributed by atoms with Crippen LogP contribution in [0.4, 0.5) is 0 Å². The maximum Gasteiger partial charge on any atom is 0.306 e. The third-order valence-electron chi connectivity index (χ3n) is 15.2. The minimum Gasteiger partial charge on any atom is -0.462 e. The van der Waals surface area contributed by atoms with Crippen LogP contribution in [0.1, 0.15) is 342 Å². The highest BCUT2D eigenvalue weighted by atomic mass is 16.6. The summed E-state index contributed by atoms with van der Waals surface area (Å²) in [6, 6.07) is 0. The second kappa shape index (κ2) is 70.6. The molecule has 0 bridgehead atoms. The van der Waals surface area contributed by atoms with Crippen molar-refractivity contribution in [3.63, 3.8) is 0 Å². The molecule has 0 aromatic rings. The van der Waals surface area contributed by atoms with Crippen molar-refractivity contribution in [3.8, 4) is 0 Å². The smallest absolute Gasteiger partial charge is 0.306 e. The van der Waals surface area contributed by atoms with Gasteiger partial charge in [0.25, 0.3) is 0 Å². The highest BCUT2D eigenvalue weighted by Gasteiger charge is 2.19. The van der Waals surface area contributed by atoms with E-state index >= 15 is 0 Å². The van der Waals surface area contributed by atoms with Gasteiger partial charge >= 0.3 is 17.9 Å². The molecule has 0 saturated carbocycles. The zero-order valence-electron chi connectivity index (χ0n) is 54.7. The van der Waals surface area contributed by atoms with Crippen molar-refractivity contribution in [1.82, 2.24) is 0 Å². The molecule has 0 amide bonds. The molecule has 6 heteroatoms. The first-order valence-corrected chi connectivity index (χ1v) is 35.4. The Bertz CT molecular complexity index is 1660. The van der Waals surface area contributed by atoms with Gasteiger partial charge in [0.1, 0.15) is 13.2 Å². The Morgan fingerprint density at radius 2 is 0.470 bits per heavy atom. The number of rotatable bonds is 64. The van der Waals surface area contributed by atoms with Crippen LogP contribution in [-0.2, 0) is 28.6 Å². The quantitative estimate of drug-likeness (QED) is 0.0261. The summed E-state index contributed by atoms with van der Waals surface area (Å²) in [7, 11) is 0. The van der Waals surface area contributed by atoms with Crippen molar-refractivity contribution in [2.45, 2.75) is 348 Å². The van der Waals surface area contributed by atoms with Gasteiger partial charge in [0.15, 0.2) is 6.10 Å². The van der Waals surface area contributed by atoms with Crippen LogP contribution in [-0.4, -0.2) is 37.2 Å². The van der Waals surface area contributed by atoms with E-state index in [1.165, 1.54) is 193 Å². The van der Waals surface area contributed by atoms with E-state index in [9.17, 15) is 14.4 Å². The van der Waals surface area contributed by atoms with Gasteiger partial charge in [-0.3, -0.25) is 14.4 Å². The minimum atomic E-state index is -0.798. The van der Waals surface area contributed by atoms with E-state index in [2.05, 4.69) is 130 Å². The number of hydrogen-bond acceptors (Lipinski definition) is 6. The van der Waals surface area contributed by atoms with E-state index in [-0.39, 0.29) is 31.1 Å². The molecule has 0 fully saturated rings. The van der Waals surface area contributed by atoms with Crippen LogP contribution in [0, 0.1) is 0 Å². The molecule has 1 atom stereocenters. The molecule has 0 aliphatic heterocycles. The van der Waals surface area contributed by atoms with Crippen LogP contribution < -0.4 is 0 Å². The summed E-state index contributed by atoms with van der Waals surface area (Å²) in [5, 5.41) is 0. The van der Waals surface area contributed by atoms with Gasteiger partial charge in [-0.25, -0.2) is 0 Å². The molecule has 0 aliphatic carbocycles. The number of unbranched alkanes of at least 4 members (excludes halogenated alkanes) is 35. The van der Waals surface area contributed by atoms with Crippen LogP contribution in [0.25, 0.3) is 0 Å². The fourth-order valence-corrected chi connectivity index (χ4v) is 10.0. The SMILES string of the molecule is CC/C=C\C/C=C\C/C=C\C/C=C\CCCCCCCCCCCCCCCCCCCCCCC(=O)OCC(COC(=O)CCCC/C=C\C/C=C\C/C=C\C/C=C\CC)OC(=O)CCCCCCCCC/C=C\CCCCCCCC. The van der Waals surface area contributed by atoms with Crippen molar-refractivity contribution in [2.24, 2.45) is 0 Å². The molecule has 83 heavy (non-hydrogen) atoms. The van der Waals surface area contributed by atoms with Gasteiger partial charge in [-0.15, -0.1) is 0 Å². The Labute approximate surface area is 514 Å². The van der Waals surface area contributed by atoms with E-state index in [0.717, 1.165) is 109 Å². The Morgan fingerprint density at radius 1 is 0.253 bits per heavy atom. The van der Waals surface area contributed by atoms with E-state index in [1.54, 1.807) is 0 Å². The number of carbonyl (C=O) groups excluding carboxylic acids is 3. The molecule has 0 aromatic heterocycles. The molecular formula is C77H132O6. The molecule has 0 heterocycles. The van der Waals surface area contributed by atoms with Gasteiger partial charge < -0.3 is 14.2 Å². The van der Waals surface area contributed by atoms with Crippen LogP contribution in [0.5, 0.6) is 0 Å². The summed E-state index contributed by atoms with van der Waals surface area (Å²) in [6.07, 6.45) is 97.0. The second-order valence-corrected chi connectivity index (χ2v) is 23.4. The molecule has 1 unspecified atom stereocenters. The molecule has 6 nitrogen and oxygen atoms in total. The van der Waals surface area contributed by atoms with Crippen LogP contribution in [0.2, 0.25) is 0 Å². The summed E-state index contributed by atoms with van der Waals surface area (Å²) in [5.74, 6) is -0.923. The van der Waals surface area contributed by atoms with E-state index in [0.29, 0.717) is 19.3 Å². The molecular weight excluding hydrogens is 1020 g/mol. The van der Waals surface area contributed by atoms with Crippen molar-refractivity contribution in [2.75, 3.05) is 13.2 Å². The Hall–Kier alpha value is -3.93. The first-order chi connectivity index (χ1) is 41.0. The molecule has 0 rings (SSSR count). The van der Waals surface area contributed by atoms with Crippen LogP contribution in [0.3, 0.4) is 0 Å².